The van der Waals surface area contributed by atoms with Gasteiger partial charge in [0.05, 0.1) is 11.2 Å². The number of furan rings is 1. The van der Waals surface area contributed by atoms with Crippen LogP contribution in [0.2, 0.25) is 0 Å². The second-order valence-corrected chi connectivity index (χ2v) is 9.10. The van der Waals surface area contributed by atoms with E-state index in [-0.39, 0.29) is 17.4 Å². The van der Waals surface area contributed by atoms with Crippen molar-refractivity contribution in [3.05, 3.63) is 78.3 Å². The number of sulfonamides is 1. The number of hydrogen-bond acceptors (Lipinski definition) is 5. The van der Waals surface area contributed by atoms with Crippen molar-refractivity contribution in [2.45, 2.75) is 24.8 Å². The Bertz CT molecular complexity index is 1240. The highest BCUT2D eigenvalue weighted by Gasteiger charge is 2.26. The van der Waals surface area contributed by atoms with E-state index in [0.29, 0.717) is 11.8 Å². The van der Waals surface area contributed by atoms with Gasteiger partial charge in [0.15, 0.2) is 17.4 Å². The molecule has 0 saturated carbocycles. The molecule has 3 aromatic rings. The molecule has 0 spiro atoms. The van der Waals surface area contributed by atoms with Crippen LogP contribution in [0, 0.1) is 17.6 Å². The number of carbonyl (C=O) groups is 2. The van der Waals surface area contributed by atoms with Crippen molar-refractivity contribution < 1.29 is 31.2 Å². The van der Waals surface area contributed by atoms with Crippen molar-refractivity contribution in [3.63, 3.8) is 0 Å². The van der Waals surface area contributed by atoms with Gasteiger partial charge in [-0.25, -0.2) is 17.2 Å². The summed E-state index contributed by atoms with van der Waals surface area (Å²) in [6.45, 7) is 3.53. The summed E-state index contributed by atoms with van der Waals surface area (Å²) in [5.74, 6) is -3.60. The molecular weight excluding hydrogens is 456 g/mol. The highest BCUT2D eigenvalue weighted by atomic mass is 32.2. The van der Waals surface area contributed by atoms with Gasteiger partial charge in [0.1, 0.15) is 6.04 Å². The highest BCUT2D eigenvalue weighted by Crippen LogP contribution is 2.20. The van der Waals surface area contributed by atoms with E-state index in [9.17, 15) is 26.8 Å². The Morgan fingerprint density at radius 2 is 1.61 bits per heavy atom. The Morgan fingerprint density at radius 3 is 2.18 bits per heavy atom. The van der Waals surface area contributed by atoms with Gasteiger partial charge in [-0.3, -0.25) is 14.3 Å². The number of amides is 2. The third-order valence-corrected chi connectivity index (χ3v) is 5.97. The van der Waals surface area contributed by atoms with Crippen LogP contribution >= 0.6 is 0 Å². The van der Waals surface area contributed by atoms with Crippen LogP contribution in [0.5, 0.6) is 0 Å². The molecule has 0 aliphatic rings. The summed E-state index contributed by atoms with van der Waals surface area (Å²) in [4.78, 5) is 24.5. The van der Waals surface area contributed by atoms with Gasteiger partial charge in [-0.1, -0.05) is 13.8 Å². The van der Waals surface area contributed by atoms with Gasteiger partial charge in [0.25, 0.3) is 15.9 Å². The van der Waals surface area contributed by atoms with Gasteiger partial charge < -0.3 is 15.1 Å². The first-order valence-corrected chi connectivity index (χ1v) is 11.3. The molecule has 1 aromatic heterocycles. The molecule has 0 fully saturated rings. The minimum Gasteiger partial charge on any atom is -0.459 e. The number of anilines is 2. The molecule has 8 nitrogen and oxygen atoms in total. The Balaban J connectivity index is 1.66. The van der Waals surface area contributed by atoms with Crippen molar-refractivity contribution in [1.82, 2.24) is 5.32 Å². The van der Waals surface area contributed by atoms with Crippen molar-refractivity contribution in [2.24, 2.45) is 5.92 Å². The maximum Gasteiger partial charge on any atom is 0.287 e. The predicted octanol–water partition coefficient (Wildman–Crippen LogP) is 3.75. The summed E-state index contributed by atoms with van der Waals surface area (Å²) in [6.07, 6.45) is 1.35. The standard InChI is InChI=1S/C22H21F2N3O5S/c1-13(2)20(26-21(28)19-4-3-11-32-19)22(29)25-14-5-7-15(8-6-14)27-33(30,31)16-9-10-17(23)18(24)12-16/h3-13,20,27H,1-2H3,(H,25,29)(H,26,28). The maximum atomic E-state index is 13.4. The van der Waals surface area contributed by atoms with E-state index in [0.717, 1.165) is 12.1 Å². The molecule has 0 saturated heterocycles. The van der Waals surface area contributed by atoms with Crippen molar-refractivity contribution in [3.8, 4) is 0 Å². The maximum absolute atomic E-state index is 13.4. The molecule has 11 heteroatoms. The number of rotatable bonds is 8. The lowest BCUT2D eigenvalue weighted by Crippen LogP contribution is -2.47. The Hall–Kier alpha value is -3.73. The largest absolute Gasteiger partial charge is 0.459 e. The fourth-order valence-electron chi connectivity index (χ4n) is 2.85. The molecule has 0 aliphatic carbocycles. The van der Waals surface area contributed by atoms with E-state index < -0.39 is 44.4 Å². The van der Waals surface area contributed by atoms with Gasteiger partial charge in [-0.05, 0) is 60.5 Å². The molecule has 1 heterocycles. The molecule has 3 rings (SSSR count). The molecule has 1 unspecified atom stereocenters. The van der Waals surface area contributed by atoms with Crippen molar-refractivity contribution in [2.75, 3.05) is 10.0 Å². The van der Waals surface area contributed by atoms with Crippen LogP contribution in [-0.2, 0) is 14.8 Å². The number of hydrogen-bond donors (Lipinski definition) is 3. The Morgan fingerprint density at radius 1 is 0.939 bits per heavy atom. The first kappa shape index (κ1) is 23.9. The van der Waals surface area contributed by atoms with Crippen LogP contribution in [0.1, 0.15) is 24.4 Å². The zero-order valence-corrected chi connectivity index (χ0v) is 18.5. The first-order chi connectivity index (χ1) is 15.6. The third-order valence-electron chi connectivity index (χ3n) is 4.59. The number of nitrogens with one attached hydrogen (secondary N) is 3. The smallest absolute Gasteiger partial charge is 0.287 e. The molecule has 1 atom stereocenters. The lowest BCUT2D eigenvalue weighted by atomic mass is 10.0. The van der Waals surface area contributed by atoms with Crippen molar-refractivity contribution >= 4 is 33.2 Å². The molecule has 0 aliphatic heterocycles. The molecule has 3 N–H and O–H groups in total. The molecule has 174 valence electrons. The van der Waals surface area contributed by atoms with E-state index in [1.54, 1.807) is 19.9 Å². The summed E-state index contributed by atoms with van der Waals surface area (Å²) in [5.41, 5.74) is 0.498. The van der Waals surface area contributed by atoms with Crippen LogP contribution in [0.4, 0.5) is 20.2 Å². The van der Waals surface area contributed by atoms with Crippen LogP contribution in [0.3, 0.4) is 0 Å². The van der Waals surface area contributed by atoms with E-state index >= 15 is 0 Å². The summed E-state index contributed by atoms with van der Waals surface area (Å²) in [6, 6.07) is 10.1. The topological polar surface area (TPSA) is 118 Å². The second kappa shape index (κ2) is 9.82. The quantitative estimate of drug-likeness (QED) is 0.457. The normalized spacial score (nSPS) is 12.3. The van der Waals surface area contributed by atoms with E-state index in [4.69, 9.17) is 4.42 Å². The first-order valence-electron chi connectivity index (χ1n) is 9.80. The van der Waals surface area contributed by atoms with E-state index in [2.05, 4.69) is 15.4 Å². The van der Waals surface area contributed by atoms with Gasteiger partial charge >= 0.3 is 0 Å². The van der Waals surface area contributed by atoms with Gasteiger partial charge in [0, 0.05) is 11.4 Å². The molecular formula is C22H21F2N3O5S. The molecule has 0 radical (unpaired) electrons. The average molecular weight is 477 g/mol. The van der Waals surface area contributed by atoms with E-state index in [1.807, 2.05) is 0 Å². The van der Waals surface area contributed by atoms with Gasteiger partial charge in [-0.2, -0.15) is 0 Å². The third kappa shape index (κ3) is 5.95. The number of halogens is 2. The monoisotopic (exact) mass is 477 g/mol. The highest BCUT2D eigenvalue weighted by molar-refractivity contribution is 7.92. The summed E-state index contributed by atoms with van der Waals surface area (Å²) in [7, 11) is -4.15. The molecule has 2 amide bonds. The molecule has 0 bridgehead atoms. The Labute approximate surface area is 189 Å². The van der Waals surface area contributed by atoms with Crippen LogP contribution in [0.15, 0.2) is 70.2 Å². The number of carbonyl (C=O) groups excluding carboxylic acids is 2. The second-order valence-electron chi connectivity index (χ2n) is 7.42. The van der Waals surface area contributed by atoms with Crippen LogP contribution in [-0.4, -0.2) is 26.3 Å². The fourth-order valence-corrected chi connectivity index (χ4v) is 3.92. The number of benzene rings is 2. The zero-order valence-electron chi connectivity index (χ0n) is 17.6. The zero-order chi connectivity index (χ0) is 24.2. The van der Waals surface area contributed by atoms with Crippen LogP contribution < -0.4 is 15.4 Å². The minimum absolute atomic E-state index is 0.0751. The molecule has 2 aromatic carbocycles. The summed E-state index contributed by atoms with van der Waals surface area (Å²) in [5, 5.41) is 5.27. The summed E-state index contributed by atoms with van der Waals surface area (Å²) < 4.78 is 58.5. The van der Waals surface area contributed by atoms with Gasteiger partial charge in [-0.15, -0.1) is 0 Å². The van der Waals surface area contributed by atoms with E-state index in [1.165, 1.54) is 36.6 Å². The predicted molar refractivity (Wildman–Crippen MR) is 117 cm³/mol. The van der Waals surface area contributed by atoms with Crippen LogP contribution in [0.25, 0.3) is 0 Å². The van der Waals surface area contributed by atoms with Crippen molar-refractivity contribution in [1.29, 1.82) is 0 Å². The average Bonchev–Trinajstić information content (AvgIpc) is 3.29. The molecule has 33 heavy (non-hydrogen) atoms. The fraction of sp³-hybridized carbons (Fsp3) is 0.182. The summed E-state index contributed by atoms with van der Waals surface area (Å²) >= 11 is 0. The minimum atomic E-state index is -4.15. The SMILES string of the molecule is CC(C)C(NC(=O)c1ccco1)C(=O)Nc1ccc(NS(=O)(=O)c2ccc(F)c(F)c2)cc1. The lowest BCUT2D eigenvalue weighted by molar-refractivity contribution is -0.118. The van der Waals surface area contributed by atoms with Gasteiger partial charge in [0.2, 0.25) is 5.91 Å². The lowest BCUT2D eigenvalue weighted by Gasteiger charge is -2.21. The Kier molecular flexibility index (Phi) is 7.12.